The van der Waals surface area contributed by atoms with Gasteiger partial charge in [0.1, 0.15) is 24.7 Å². The second kappa shape index (κ2) is 11.1. The van der Waals surface area contributed by atoms with Crippen LogP contribution in [0.4, 0.5) is 0 Å². The summed E-state index contributed by atoms with van der Waals surface area (Å²) in [6.45, 7) is 9.63. The lowest BCUT2D eigenvalue weighted by Crippen LogP contribution is -2.13. The zero-order valence-corrected chi connectivity index (χ0v) is 14.7. The summed E-state index contributed by atoms with van der Waals surface area (Å²) >= 11 is 0. The Kier molecular flexibility index (Phi) is 8.36. The van der Waals surface area contributed by atoms with Crippen molar-refractivity contribution in [2.24, 2.45) is 0 Å². The first kappa shape index (κ1) is 18.8. The van der Waals surface area contributed by atoms with Crippen LogP contribution in [0.25, 0.3) is 0 Å². The average Bonchev–Trinajstić information content (AvgIpc) is 2.64. The largest absolute Gasteiger partial charge is 0.491 e. The van der Waals surface area contributed by atoms with Gasteiger partial charge in [-0.25, -0.2) is 0 Å². The topological polar surface area (TPSA) is 27.7 Å². The molecule has 0 unspecified atom stereocenters. The normalized spacial score (nSPS) is 10.2. The molecule has 0 bridgehead atoms. The van der Waals surface area contributed by atoms with Gasteiger partial charge >= 0.3 is 0 Å². The van der Waals surface area contributed by atoms with Crippen molar-refractivity contribution in [1.82, 2.24) is 0 Å². The number of hydrogen-bond donors (Lipinski definition) is 0. The van der Waals surface area contributed by atoms with Crippen LogP contribution in [0.15, 0.2) is 73.8 Å². The zero-order valence-electron chi connectivity index (χ0n) is 14.7. The van der Waals surface area contributed by atoms with Gasteiger partial charge in [0, 0.05) is 0 Å². The van der Waals surface area contributed by atoms with Crippen molar-refractivity contribution in [2.75, 3.05) is 26.4 Å². The quantitative estimate of drug-likeness (QED) is 0.417. The molecule has 132 valence electrons. The molecule has 0 aromatic heterocycles. The minimum atomic E-state index is 0.515. The summed E-state index contributed by atoms with van der Waals surface area (Å²) in [5, 5.41) is 0. The Labute approximate surface area is 150 Å². The third-order valence-electron chi connectivity index (χ3n) is 3.64. The molecule has 0 aliphatic carbocycles. The molecule has 2 aromatic rings. The lowest BCUT2D eigenvalue weighted by Gasteiger charge is -2.12. The Morgan fingerprint density at radius 3 is 1.52 bits per heavy atom. The van der Waals surface area contributed by atoms with Gasteiger partial charge in [-0.3, -0.25) is 0 Å². The van der Waals surface area contributed by atoms with E-state index >= 15 is 0 Å². The molecule has 0 saturated carbocycles. The SMILES string of the molecule is C=CCc1ccccc1OCCOCCOc1ccccc1CC=C. The van der Waals surface area contributed by atoms with Gasteiger partial charge in [0.25, 0.3) is 0 Å². The minimum absolute atomic E-state index is 0.515. The van der Waals surface area contributed by atoms with Crippen LogP contribution in [-0.4, -0.2) is 26.4 Å². The summed E-state index contributed by atoms with van der Waals surface area (Å²) < 4.78 is 17.1. The molecule has 0 N–H and O–H groups in total. The maximum absolute atomic E-state index is 5.78. The second-order valence-electron chi connectivity index (χ2n) is 5.51. The summed E-state index contributed by atoms with van der Waals surface area (Å²) in [6.07, 6.45) is 5.35. The van der Waals surface area contributed by atoms with Crippen molar-refractivity contribution < 1.29 is 14.2 Å². The van der Waals surface area contributed by atoms with Crippen molar-refractivity contribution in [3.63, 3.8) is 0 Å². The van der Waals surface area contributed by atoms with Gasteiger partial charge in [-0.2, -0.15) is 0 Å². The molecule has 0 aliphatic heterocycles. The molecule has 2 aromatic carbocycles. The number of allylic oxidation sites excluding steroid dienone is 2. The van der Waals surface area contributed by atoms with E-state index in [1.165, 1.54) is 0 Å². The highest BCUT2D eigenvalue weighted by Crippen LogP contribution is 2.19. The molecular formula is C22H26O3. The smallest absolute Gasteiger partial charge is 0.122 e. The zero-order chi connectivity index (χ0) is 17.7. The van der Waals surface area contributed by atoms with E-state index in [1.54, 1.807) is 0 Å². The summed E-state index contributed by atoms with van der Waals surface area (Å²) in [5.74, 6) is 1.78. The second-order valence-corrected chi connectivity index (χ2v) is 5.51. The van der Waals surface area contributed by atoms with Gasteiger partial charge in [-0.05, 0) is 36.1 Å². The van der Waals surface area contributed by atoms with Crippen LogP contribution >= 0.6 is 0 Å². The molecule has 2 rings (SSSR count). The van der Waals surface area contributed by atoms with Crippen molar-refractivity contribution in [3.8, 4) is 11.5 Å². The number of benzene rings is 2. The van der Waals surface area contributed by atoms with E-state index in [0.29, 0.717) is 26.4 Å². The number of ether oxygens (including phenoxy) is 3. The van der Waals surface area contributed by atoms with Gasteiger partial charge in [-0.1, -0.05) is 48.6 Å². The van der Waals surface area contributed by atoms with Gasteiger partial charge in [-0.15, -0.1) is 13.2 Å². The maximum Gasteiger partial charge on any atom is 0.122 e. The lowest BCUT2D eigenvalue weighted by atomic mass is 10.1. The molecule has 0 radical (unpaired) electrons. The summed E-state index contributed by atoms with van der Waals surface area (Å²) in [6, 6.07) is 16.0. The molecule has 0 heterocycles. The Morgan fingerprint density at radius 2 is 1.08 bits per heavy atom. The monoisotopic (exact) mass is 338 g/mol. The highest BCUT2D eigenvalue weighted by atomic mass is 16.5. The fourth-order valence-electron chi connectivity index (χ4n) is 2.46. The Balaban J connectivity index is 1.64. The van der Waals surface area contributed by atoms with Crippen molar-refractivity contribution in [2.45, 2.75) is 12.8 Å². The maximum atomic E-state index is 5.78. The van der Waals surface area contributed by atoms with Crippen LogP contribution < -0.4 is 9.47 Å². The third kappa shape index (κ3) is 6.48. The first-order valence-electron chi connectivity index (χ1n) is 8.56. The molecule has 0 amide bonds. The predicted octanol–water partition coefficient (Wildman–Crippen LogP) is 4.62. The van der Waals surface area contributed by atoms with E-state index in [0.717, 1.165) is 35.5 Å². The molecule has 0 atom stereocenters. The highest BCUT2D eigenvalue weighted by Gasteiger charge is 2.02. The predicted molar refractivity (Wildman–Crippen MR) is 102 cm³/mol. The van der Waals surface area contributed by atoms with E-state index in [9.17, 15) is 0 Å². The number of rotatable bonds is 12. The van der Waals surface area contributed by atoms with Gasteiger partial charge in [0.2, 0.25) is 0 Å². The van der Waals surface area contributed by atoms with Gasteiger partial charge in [0.05, 0.1) is 13.2 Å². The van der Waals surface area contributed by atoms with Crippen LogP contribution in [0.2, 0.25) is 0 Å². The average molecular weight is 338 g/mol. The number of para-hydroxylation sites is 2. The van der Waals surface area contributed by atoms with Gasteiger partial charge in [0.15, 0.2) is 0 Å². The Bertz CT molecular complexity index is 606. The molecule has 0 aliphatic rings. The molecule has 0 fully saturated rings. The molecular weight excluding hydrogens is 312 g/mol. The summed E-state index contributed by atoms with van der Waals surface area (Å²) in [7, 11) is 0. The van der Waals surface area contributed by atoms with E-state index < -0.39 is 0 Å². The fourth-order valence-corrected chi connectivity index (χ4v) is 2.46. The Morgan fingerprint density at radius 1 is 0.640 bits per heavy atom. The summed E-state index contributed by atoms with van der Waals surface area (Å²) in [4.78, 5) is 0. The third-order valence-corrected chi connectivity index (χ3v) is 3.64. The van der Waals surface area contributed by atoms with Crippen molar-refractivity contribution in [1.29, 1.82) is 0 Å². The van der Waals surface area contributed by atoms with E-state index in [4.69, 9.17) is 14.2 Å². The van der Waals surface area contributed by atoms with Crippen LogP contribution in [-0.2, 0) is 17.6 Å². The first-order valence-corrected chi connectivity index (χ1v) is 8.56. The van der Waals surface area contributed by atoms with Crippen LogP contribution in [0.5, 0.6) is 11.5 Å². The summed E-state index contributed by atoms with van der Waals surface area (Å²) in [5.41, 5.74) is 2.28. The van der Waals surface area contributed by atoms with Gasteiger partial charge < -0.3 is 14.2 Å². The number of hydrogen-bond acceptors (Lipinski definition) is 3. The molecule has 3 heteroatoms. The molecule has 25 heavy (non-hydrogen) atoms. The molecule has 0 spiro atoms. The van der Waals surface area contributed by atoms with Crippen LogP contribution in [0.3, 0.4) is 0 Å². The van der Waals surface area contributed by atoms with E-state index in [2.05, 4.69) is 13.2 Å². The first-order chi connectivity index (χ1) is 12.3. The van der Waals surface area contributed by atoms with Crippen LogP contribution in [0.1, 0.15) is 11.1 Å². The highest BCUT2D eigenvalue weighted by molar-refractivity contribution is 5.35. The molecule has 3 nitrogen and oxygen atoms in total. The fraction of sp³-hybridized carbons (Fsp3) is 0.273. The van der Waals surface area contributed by atoms with Crippen molar-refractivity contribution in [3.05, 3.63) is 85.0 Å². The van der Waals surface area contributed by atoms with Crippen molar-refractivity contribution >= 4 is 0 Å². The standard InChI is InChI=1S/C22H26O3/c1-3-9-19-11-5-7-13-21(19)24-17-15-23-16-18-25-22-14-8-6-12-20(22)10-4-2/h3-8,11-14H,1-2,9-10,15-18H2. The van der Waals surface area contributed by atoms with E-state index in [1.807, 2.05) is 60.7 Å². The molecule has 0 saturated heterocycles. The van der Waals surface area contributed by atoms with Crippen LogP contribution in [0, 0.1) is 0 Å². The lowest BCUT2D eigenvalue weighted by molar-refractivity contribution is 0.0760. The Hall–Kier alpha value is -2.52. The van der Waals surface area contributed by atoms with E-state index in [-0.39, 0.29) is 0 Å². The minimum Gasteiger partial charge on any atom is -0.491 e.